The van der Waals surface area contributed by atoms with E-state index in [-0.39, 0.29) is 0 Å². The Morgan fingerprint density at radius 1 is 1.20 bits per heavy atom. The molecule has 1 N–H and O–H groups in total. The summed E-state index contributed by atoms with van der Waals surface area (Å²) in [5.74, 6) is 0.690. The summed E-state index contributed by atoms with van der Waals surface area (Å²) in [7, 11) is 4.30. The second kappa shape index (κ2) is 7.09. The van der Waals surface area contributed by atoms with Crippen LogP contribution < -0.4 is 10.2 Å². The Labute approximate surface area is 124 Å². The number of hydrogen-bond donors (Lipinski definition) is 1. The first-order chi connectivity index (χ1) is 9.58. The van der Waals surface area contributed by atoms with Crippen molar-refractivity contribution in [3.8, 4) is 0 Å². The number of nitrogens with one attached hydrogen (secondary N) is 1. The van der Waals surface area contributed by atoms with Crippen molar-refractivity contribution in [2.24, 2.45) is 5.92 Å². The highest BCUT2D eigenvalue weighted by Crippen LogP contribution is 2.27. The van der Waals surface area contributed by atoms with E-state index < -0.39 is 0 Å². The lowest BCUT2D eigenvalue weighted by Crippen LogP contribution is -2.36. The third-order valence-electron chi connectivity index (χ3n) is 3.86. The molecule has 0 bridgehead atoms. The monoisotopic (exact) mass is 275 g/mol. The molecule has 1 aliphatic heterocycles. The van der Waals surface area contributed by atoms with Crippen LogP contribution in [0.25, 0.3) is 0 Å². The topological polar surface area (TPSA) is 18.5 Å². The second-order valence-corrected chi connectivity index (χ2v) is 6.48. The number of hydrogen-bond acceptors (Lipinski definition) is 3. The third-order valence-corrected chi connectivity index (χ3v) is 3.86. The van der Waals surface area contributed by atoms with E-state index in [0.717, 1.165) is 39.1 Å². The first-order valence-corrected chi connectivity index (χ1v) is 7.79. The summed E-state index contributed by atoms with van der Waals surface area (Å²) in [6.45, 7) is 10.1. The molecule has 3 heteroatoms. The first kappa shape index (κ1) is 15.3. The van der Waals surface area contributed by atoms with Crippen LogP contribution in [0.5, 0.6) is 0 Å². The van der Waals surface area contributed by atoms with E-state index in [1.165, 1.54) is 11.3 Å². The summed E-state index contributed by atoms with van der Waals surface area (Å²) in [4.78, 5) is 4.85. The van der Waals surface area contributed by atoms with Gasteiger partial charge < -0.3 is 15.1 Å². The van der Waals surface area contributed by atoms with Crippen LogP contribution in [0.4, 0.5) is 5.69 Å². The maximum absolute atomic E-state index is 3.47. The SMILES string of the molecule is CC(C)CN(CCN(C)C)c1cccc2c1CCNC2. The lowest BCUT2D eigenvalue weighted by Gasteiger charge is -2.32. The predicted octanol–water partition coefficient (Wildman–Crippen LogP) is 2.36. The summed E-state index contributed by atoms with van der Waals surface area (Å²) in [5.41, 5.74) is 4.50. The van der Waals surface area contributed by atoms with Gasteiger partial charge in [0.05, 0.1) is 0 Å². The molecule has 0 fully saturated rings. The third kappa shape index (κ3) is 3.97. The molecule has 0 aliphatic carbocycles. The number of benzene rings is 1. The molecule has 0 radical (unpaired) electrons. The van der Waals surface area contributed by atoms with Gasteiger partial charge in [-0.3, -0.25) is 0 Å². The molecule has 1 heterocycles. The van der Waals surface area contributed by atoms with E-state index in [2.05, 4.69) is 61.3 Å². The zero-order chi connectivity index (χ0) is 14.5. The van der Waals surface area contributed by atoms with Gasteiger partial charge in [0.15, 0.2) is 0 Å². The first-order valence-electron chi connectivity index (χ1n) is 7.79. The summed E-state index contributed by atoms with van der Waals surface area (Å²) >= 11 is 0. The Bertz CT molecular complexity index is 426. The zero-order valence-electron chi connectivity index (χ0n) is 13.4. The van der Waals surface area contributed by atoms with Crippen LogP contribution in [-0.4, -0.2) is 45.2 Å². The van der Waals surface area contributed by atoms with Gasteiger partial charge in [0.2, 0.25) is 0 Å². The molecule has 0 unspecified atom stereocenters. The molecule has 0 amide bonds. The van der Waals surface area contributed by atoms with Crippen LogP contribution in [-0.2, 0) is 13.0 Å². The summed E-state index contributed by atoms with van der Waals surface area (Å²) in [5, 5.41) is 3.47. The molecule has 1 aromatic rings. The van der Waals surface area contributed by atoms with Gasteiger partial charge in [-0.15, -0.1) is 0 Å². The van der Waals surface area contributed by atoms with E-state index in [0.29, 0.717) is 5.92 Å². The van der Waals surface area contributed by atoms with Crippen molar-refractivity contribution in [2.75, 3.05) is 45.2 Å². The van der Waals surface area contributed by atoms with Crippen molar-refractivity contribution in [1.82, 2.24) is 10.2 Å². The molecule has 0 aromatic heterocycles. The molecular formula is C17H29N3. The molecule has 1 aromatic carbocycles. The number of nitrogens with zero attached hydrogens (tertiary/aromatic N) is 2. The van der Waals surface area contributed by atoms with Gasteiger partial charge in [0, 0.05) is 31.9 Å². The van der Waals surface area contributed by atoms with E-state index in [4.69, 9.17) is 0 Å². The number of likely N-dealkylation sites (N-methyl/N-ethyl adjacent to an activating group) is 1. The van der Waals surface area contributed by atoms with Gasteiger partial charge in [-0.05, 0) is 50.2 Å². The second-order valence-electron chi connectivity index (χ2n) is 6.48. The fraction of sp³-hybridized carbons (Fsp3) is 0.647. The van der Waals surface area contributed by atoms with E-state index >= 15 is 0 Å². The average Bonchev–Trinajstić information content (AvgIpc) is 2.42. The standard InChI is InChI=1S/C17H29N3/c1-14(2)13-20(11-10-19(3)4)17-7-5-6-15-12-18-9-8-16(15)17/h5-7,14,18H,8-13H2,1-4H3. The molecule has 0 atom stereocenters. The van der Waals surface area contributed by atoms with Crippen LogP contribution in [0.1, 0.15) is 25.0 Å². The van der Waals surface area contributed by atoms with Gasteiger partial charge in [-0.25, -0.2) is 0 Å². The molecule has 112 valence electrons. The van der Waals surface area contributed by atoms with Gasteiger partial charge >= 0.3 is 0 Å². The molecular weight excluding hydrogens is 246 g/mol. The highest BCUT2D eigenvalue weighted by atomic mass is 15.2. The molecule has 0 saturated heterocycles. The fourth-order valence-corrected chi connectivity index (χ4v) is 2.88. The number of anilines is 1. The molecule has 0 saturated carbocycles. The van der Waals surface area contributed by atoms with Crippen molar-refractivity contribution >= 4 is 5.69 Å². The van der Waals surface area contributed by atoms with Crippen LogP contribution >= 0.6 is 0 Å². The highest BCUT2D eigenvalue weighted by molar-refractivity contribution is 5.57. The molecule has 3 nitrogen and oxygen atoms in total. The van der Waals surface area contributed by atoms with Gasteiger partial charge in [0.1, 0.15) is 0 Å². The quantitative estimate of drug-likeness (QED) is 0.860. The fourth-order valence-electron chi connectivity index (χ4n) is 2.88. The highest BCUT2D eigenvalue weighted by Gasteiger charge is 2.17. The number of rotatable bonds is 6. The van der Waals surface area contributed by atoms with Gasteiger partial charge in [-0.1, -0.05) is 26.0 Å². The normalized spacial score (nSPS) is 14.7. The van der Waals surface area contributed by atoms with Crippen LogP contribution in [0.3, 0.4) is 0 Å². The van der Waals surface area contributed by atoms with Crippen LogP contribution in [0, 0.1) is 5.92 Å². The van der Waals surface area contributed by atoms with Crippen LogP contribution in [0.15, 0.2) is 18.2 Å². The van der Waals surface area contributed by atoms with E-state index in [9.17, 15) is 0 Å². The maximum atomic E-state index is 3.47. The smallest absolute Gasteiger partial charge is 0.0403 e. The maximum Gasteiger partial charge on any atom is 0.0403 e. The Balaban J connectivity index is 2.23. The minimum atomic E-state index is 0.690. The van der Waals surface area contributed by atoms with Crippen molar-refractivity contribution in [3.05, 3.63) is 29.3 Å². The van der Waals surface area contributed by atoms with Crippen molar-refractivity contribution in [1.29, 1.82) is 0 Å². The molecule has 1 aliphatic rings. The Hall–Kier alpha value is -1.06. The van der Waals surface area contributed by atoms with E-state index in [1.54, 1.807) is 5.56 Å². The number of fused-ring (bicyclic) bond motifs is 1. The van der Waals surface area contributed by atoms with Crippen LogP contribution in [0.2, 0.25) is 0 Å². The Morgan fingerprint density at radius 3 is 2.70 bits per heavy atom. The predicted molar refractivity (Wildman–Crippen MR) is 87.5 cm³/mol. The minimum Gasteiger partial charge on any atom is -0.370 e. The average molecular weight is 275 g/mol. The van der Waals surface area contributed by atoms with E-state index in [1.807, 2.05) is 0 Å². The summed E-state index contributed by atoms with van der Waals surface area (Å²) < 4.78 is 0. The Kier molecular flexibility index (Phi) is 5.44. The largest absolute Gasteiger partial charge is 0.370 e. The molecule has 2 rings (SSSR count). The molecule has 20 heavy (non-hydrogen) atoms. The van der Waals surface area contributed by atoms with Gasteiger partial charge in [-0.2, -0.15) is 0 Å². The molecule has 0 spiro atoms. The lowest BCUT2D eigenvalue weighted by molar-refractivity contribution is 0.408. The Morgan fingerprint density at radius 2 is 2.00 bits per heavy atom. The lowest BCUT2D eigenvalue weighted by atomic mass is 9.98. The van der Waals surface area contributed by atoms with Crippen molar-refractivity contribution in [3.63, 3.8) is 0 Å². The minimum absolute atomic E-state index is 0.690. The van der Waals surface area contributed by atoms with Crippen molar-refractivity contribution in [2.45, 2.75) is 26.8 Å². The summed E-state index contributed by atoms with van der Waals surface area (Å²) in [6.07, 6.45) is 1.15. The van der Waals surface area contributed by atoms with Gasteiger partial charge in [0.25, 0.3) is 0 Å². The summed E-state index contributed by atoms with van der Waals surface area (Å²) in [6, 6.07) is 6.79. The van der Waals surface area contributed by atoms with Crippen molar-refractivity contribution < 1.29 is 0 Å². The zero-order valence-corrected chi connectivity index (χ0v) is 13.4.